The summed E-state index contributed by atoms with van der Waals surface area (Å²) in [6.07, 6.45) is -0.623. The van der Waals surface area contributed by atoms with Crippen LogP contribution in [0.2, 0.25) is 0 Å². The second-order valence-corrected chi connectivity index (χ2v) is 7.84. The van der Waals surface area contributed by atoms with E-state index in [1.807, 2.05) is 24.3 Å². The lowest BCUT2D eigenvalue weighted by atomic mass is 10.1. The number of likely N-dealkylation sites (tertiary alicyclic amines) is 1. The molecule has 1 atom stereocenters. The number of piperazine rings is 1. The molecule has 2 saturated heterocycles. The summed E-state index contributed by atoms with van der Waals surface area (Å²) in [7, 11) is 2.11. The van der Waals surface area contributed by atoms with Crippen LogP contribution in [0.25, 0.3) is 0 Å². The van der Waals surface area contributed by atoms with Gasteiger partial charge in [-0.1, -0.05) is 12.1 Å². The van der Waals surface area contributed by atoms with Crippen LogP contribution >= 0.6 is 0 Å². The molecule has 27 heavy (non-hydrogen) atoms. The summed E-state index contributed by atoms with van der Waals surface area (Å²) >= 11 is 0. The Labute approximate surface area is 160 Å². The lowest BCUT2D eigenvalue weighted by Gasteiger charge is -2.33. The van der Waals surface area contributed by atoms with Crippen LogP contribution in [0.15, 0.2) is 24.3 Å². The normalized spacial score (nSPS) is 23.3. The van der Waals surface area contributed by atoms with Gasteiger partial charge in [0.2, 0.25) is 0 Å². The first kappa shape index (κ1) is 20.5. The molecule has 0 saturated carbocycles. The number of piperidine rings is 1. The van der Waals surface area contributed by atoms with Gasteiger partial charge in [-0.2, -0.15) is 0 Å². The zero-order chi connectivity index (χ0) is 19.3. The molecule has 1 unspecified atom stereocenters. The quantitative estimate of drug-likeness (QED) is 0.779. The molecule has 0 radical (unpaired) electrons. The number of aliphatic hydroxyl groups is 1. The first-order valence-corrected chi connectivity index (χ1v) is 9.80. The zero-order valence-electron chi connectivity index (χ0n) is 16.1. The number of rotatable bonds is 7. The highest BCUT2D eigenvalue weighted by atomic mass is 19.3. The maximum atomic E-state index is 13.2. The maximum Gasteiger partial charge on any atom is 0.250 e. The van der Waals surface area contributed by atoms with Crippen molar-refractivity contribution in [3.05, 3.63) is 29.8 Å². The number of β-amino-alcohol motifs (C(OH)–C–C–N with tert-alkyl or cyclic N) is 1. The first-order chi connectivity index (χ1) is 12.9. The Morgan fingerprint density at radius 1 is 1.00 bits per heavy atom. The van der Waals surface area contributed by atoms with E-state index in [2.05, 4.69) is 21.7 Å². The largest absolute Gasteiger partial charge is 0.491 e. The van der Waals surface area contributed by atoms with Crippen LogP contribution in [-0.4, -0.2) is 91.3 Å². The van der Waals surface area contributed by atoms with E-state index in [-0.39, 0.29) is 19.4 Å². The van der Waals surface area contributed by atoms with Crippen molar-refractivity contribution in [2.75, 3.05) is 59.5 Å². The van der Waals surface area contributed by atoms with Gasteiger partial charge in [-0.05, 0) is 24.7 Å². The van der Waals surface area contributed by atoms with E-state index < -0.39 is 12.0 Å². The van der Waals surface area contributed by atoms with Crippen LogP contribution in [0.1, 0.15) is 18.4 Å². The summed E-state index contributed by atoms with van der Waals surface area (Å²) in [5, 5.41) is 10.2. The fraction of sp³-hybridized carbons (Fsp3) is 0.700. The molecule has 2 fully saturated rings. The number of aliphatic hydroxyl groups excluding tert-OH is 1. The van der Waals surface area contributed by atoms with E-state index in [1.165, 1.54) is 0 Å². The van der Waals surface area contributed by atoms with Gasteiger partial charge < -0.3 is 14.7 Å². The van der Waals surface area contributed by atoms with Crippen LogP contribution in [0.3, 0.4) is 0 Å². The Morgan fingerprint density at radius 3 is 2.26 bits per heavy atom. The number of benzene rings is 1. The van der Waals surface area contributed by atoms with Crippen LogP contribution in [0, 0.1) is 0 Å². The average Bonchev–Trinajstić information content (AvgIpc) is 2.65. The summed E-state index contributed by atoms with van der Waals surface area (Å²) in [4.78, 5) is 6.61. The minimum absolute atomic E-state index is 0.0562. The summed E-state index contributed by atoms with van der Waals surface area (Å²) in [6, 6.07) is 7.71. The summed E-state index contributed by atoms with van der Waals surface area (Å²) < 4.78 is 32.1. The molecule has 0 bridgehead atoms. The van der Waals surface area contributed by atoms with Crippen molar-refractivity contribution in [3.8, 4) is 5.75 Å². The molecule has 0 spiro atoms. The number of hydrogen-bond acceptors (Lipinski definition) is 5. The Bertz CT molecular complexity index is 567. The van der Waals surface area contributed by atoms with Gasteiger partial charge in [-0.25, -0.2) is 8.78 Å². The minimum atomic E-state index is -2.50. The molecule has 1 aromatic carbocycles. The van der Waals surface area contributed by atoms with Crippen molar-refractivity contribution in [3.63, 3.8) is 0 Å². The van der Waals surface area contributed by atoms with Crippen LogP contribution in [0.4, 0.5) is 8.78 Å². The fourth-order valence-corrected chi connectivity index (χ4v) is 3.56. The van der Waals surface area contributed by atoms with Gasteiger partial charge in [0.15, 0.2) is 0 Å². The lowest BCUT2D eigenvalue weighted by Crippen LogP contribution is -2.47. The molecule has 2 aliphatic rings. The highest BCUT2D eigenvalue weighted by Crippen LogP contribution is 2.28. The van der Waals surface area contributed by atoms with E-state index in [0.717, 1.165) is 37.5 Å². The number of hydrogen-bond donors (Lipinski definition) is 1. The molecular weight excluding hydrogens is 352 g/mol. The van der Waals surface area contributed by atoms with Crippen LogP contribution in [0.5, 0.6) is 5.75 Å². The Balaban J connectivity index is 1.37. The predicted octanol–water partition coefficient (Wildman–Crippen LogP) is 1.90. The first-order valence-electron chi connectivity index (χ1n) is 9.80. The van der Waals surface area contributed by atoms with Crippen LogP contribution in [-0.2, 0) is 6.54 Å². The van der Waals surface area contributed by atoms with Crippen LogP contribution < -0.4 is 4.74 Å². The number of ether oxygens (including phenoxy) is 1. The number of halogens is 2. The average molecular weight is 383 g/mol. The highest BCUT2D eigenvalue weighted by molar-refractivity contribution is 5.27. The van der Waals surface area contributed by atoms with Gasteiger partial charge in [-0.15, -0.1) is 0 Å². The Morgan fingerprint density at radius 2 is 1.63 bits per heavy atom. The molecule has 1 N–H and O–H groups in total. The Kier molecular flexibility index (Phi) is 7.03. The molecule has 0 aliphatic carbocycles. The van der Waals surface area contributed by atoms with E-state index in [0.29, 0.717) is 26.2 Å². The predicted molar refractivity (Wildman–Crippen MR) is 101 cm³/mol. The highest BCUT2D eigenvalue weighted by Gasteiger charge is 2.33. The van der Waals surface area contributed by atoms with E-state index in [1.54, 1.807) is 0 Å². The second-order valence-electron chi connectivity index (χ2n) is 7.84. The smallest absolute Gasteiger partial charge is 0.250 e. The third kappa shape index (κ3) is 6.68. The van der Waals surface area contributed by atoms with Gasteiger partial charge in [-0.3, -0.25) is 9.80 Å². The third-order valence-corrected chi connectivity index (χ3v) is 5.42. The monoisotopic (exact) mass is 383 g/mol. The topological polar surface area (TPSA) is 39.2 Å². The summed E-state index contributed by atoms with van der Waals surface area (Å²) in [5.41, 5.74) is 1.09. The fourth-order valence-electron chi connectivity index (χ4n) is 3.56. The summed E-state index contributed by atoms with van der Waals surface area (Å²) in [6.45, 7) is 6.47. The molecule has 7 heteroatoms. The molecule has 3 rings (SSSR count). The maximum absolute atomic E-state index is 13.2. The second kappa shape index (κ2) is 9.28. The van der Waals surface area contributed by atoms with Crippen molar-refractivity contribution < 1.29 is 18.6 Å². The van der Waals surface area contributed by atoms with Gasteiger partial charge in [0.25, 0.3) is 5.92 Å². The standard InChI is InChI=1S/C20H31F2N3O2/c1-23-10-12-25(13-11-23)15-18(26)16-27-19-4-2-17(3-5-19)14-24-8-6-20(21,22)7-9-24/h2-5,18,26H,6-16H2,1H3. The zero-order valence-corrected chi connectivity index (χ0v) is 16.1. The summed E-state index contributed by atoms with van der Waals surface area (Å²) in [5.74, 6) is -1.78. The molecule has 5 nitrogen and oxygen atoms in total. The van der Waals surface area contributed by atoms with Gasteiger partial charge >= 0.3 is 0 Å². The molecule has 2 heterocycles. The Hall–Kier alpha value is -1.28. The minimum Gasteiger partial charge on any atom is -0.491 e. The van der Waals surface area contributed by atoms with Crippen molar-refractivity contribution in [2.45, 2.75) is 31.4 Å². The van der Waals surface area contributed by atoms with Crippen molar-refractivity contribution >= 4 is 0 Å². The lowest BCUT2D eigenvalue weighted by molar-refractivity contribution is -0.0566. The van der Waals surface area contributed by atoms with E-state index in [4.69, 9.17) is 4.74 Å². The molecular formula is C20H31F2N3O2. The SMILES string of the molecule is CN1CCN(CC(O)COc2ccc(CN3CCC(F)(F)CC3)cc2)CC1. The molecule has 0 aromatic heterocycles. The van der Waals surface area contributed by atoms with Crippen molar-refractivity contribution in [1.82, 2.24) is 14.7 Å². The van der Waals surface area contributed by atoms with Crippen molar-refractivity contribution in [1.29, 1.82) is 0 Å². The molecule has 2 aliphatic heterocycles. The molecule has 0 amide bonds. The number of nitrogens with zero attached hydrogens (tertiary/aromatic N) is 3. The molecule has 1 aromatic rings. The van der Waals surface area contributed by atoms with E-state index >= 15 is 0 Å². The number of likely N-dealkylation sites (N-methyl/N-ethyl adjacent to an activating group) is 1. The van der Waals surface area contributed by atoms with Gasteiger partial charge in [0, 0.05) is 65.2 Å². The van der Waals surface area contributed by atoms with Gasteiger partial charge in [0.1, 0.15) is 18.5 Å². The number of alkyl halides is 2. The third-order valence-electron chi connectivity index (χ3n) is 5.42. The van der Waals surface area contributed by atoms with Gasteiger partial charge in [0.05, 0.1) is 0 Å². The van der Waals surface area contributed by atoms with E-state index in [9.17, 15) is 13.9 Å². The molecule has 152 valence electrons. The van der Waals surface area contributed by atoms with Crippen molar-refractivity contribution in [2.24, 2.45) is 0 Å².